The Morgan fingerprint density at radius 2 is 1.10 bits per heavy atom. The molecule has 0 fully saturated rings. The molecule has 0 saturated heterocycles. The predicted molar refractivity (Wildman–Crippen MR) is 168 cm³/mol. The van der Waals surface area contributed by atoms with Crippen LogP contribution in [-0.2, 0) is 9.53 Å². The molecule has 214 valence electrons. The molecular formula is C36H41NO4. The van der Waals surface area contributed by atoms with Gasteiger partial charge in [-0.3, -0.25) is 4.79 Å². The number of alkyl carbamates (subject to hydrolysis) is 1. The molecule has 0 bridgehead atoms. The number of rotatable bonds is 17. The van der Waals surface area contributed by atoms with E-state index in [1.54, 1.807) is 0 Å². The molecule has 1 amide bonds. The average molecular weight is 552 g/mol. The van der Waals surface area contributed by atoms with Crippen molar-refractivity contribution >= 4 is 12.1 Å². The molecule has 0 aromatic heterocycles. The van der Waals surface area contributed by atoms with E-state index in [0.717, 1.165) is 32.1 Å². The molecule has 0 saturated carbocycles. The normalized spacial score (nSPS) is 13.4. The van der Waals surface area contributed by atoms with E-state index < -0.39 is 12.1 Å². The van der Waals surface area contributed by atoms with Crippen LogP contribution in [0.2, 0.25) is 0 Å². The van der Waals surface area contributed by atoms with Crippen molar-refractivity contribution in [2.24, 2.45) is 0 Å². The number of ether oxygens (including phenoxy) is 1. The first-order valence-electron chi connectivity index (χ1n) is 14.4. The van der Waals surface area contributed by atoms with E-state index >= 15 is 0 Å². The molecule has 0 heterocycles. The third-order valence-corrected chi connectivity index (χ3v) is 6.59. The van der Waals surface area contributed by atoms with Gasteiger partial charge in [-0.15, -0.1) is 0 Å². The van der Waals surface area contributed by atoms with Gasteiger partial charge in [0.1, 0.15) is 6.61 Å². The quantitative estimate of drug-likeness (QED) is 0.193. The van der Waals surface area contributed by atoms with Crippen molar-refractivity contribution in [3.8, 4) is 11.1 Å². The third-order valence-electron chi connectivity index (χ3n) is 6.59. The van der Waals surface area contributed by atoms with Crippen LogP contribution in [0.1, 0.15) is 62.0 Å². The lowest BCUT2D eigenvalue weighted by molar-refractivity contribution is -0.136. The van der Waals surface area contributed by atoms with Crippen LogP contribution in [0.4, 0.5) is 4.79 Å². The number of allylic oxidation sites excluding steroid dienone is 11. The number of hydrogen-bond acceptors (Lipinski definition) is 3. The topological polar surface area (TPSA) is 75.6 Å². The second-order valence-electron chi connectivity index (χ2n) is 9.65. The number of fused-ring (bicyclic) bond motifs is 3. The summed E-state index contributed by atoms with van der Waals surface area (Å²) in [6.45, 7) is 0.763. The zero-order valence-corrected chi connectivity index (χ0v) is 23.7. The molecule has 0 spiro atoms. The Kier molecular flexibility index (Phi) is 14.3. The van der Waals surface area contributed by atoms with Gasteiger partial charge in [-0.05, 0) is 60.8 Å². The SMILES string of the molecule is O=C(O)CC/C=C/C/C=C/C/C=C/C/C=C/C/C=C/C/C=C/CNC(=O)OCC1c2ccccc2-c2ccccc21. The molecule has 1 aliphatic rings. The minimum absolute atomic E-state index is 0.0686. The number of amides is 1. The lowest BCUT2D eigenvalue weighted by Gasteiger charge is -2.14. The average Bonchev–Trinajstić information content (AvgIpc) is 3.30. The van der Waals surface area contributed by atoms with Gasteiger partial charge in [-0.1, -0.05) is 121 Å². The van der Waals surface area contributed by atoms with Crippen LogP contribution >= 0.6 is 0 Å². The number of carbonyl (C=O) groups is 2. The smallest absolute Gasteiger partial charge is 0.407 e. The third kappa shape index (κ3) is 11.7. The van der Waals surface area contributed by atoms with E-state index in [-0.39, 0.29) is 12.3 Å². The molecule has 5 heteroatoms. The Labute approximate surface area is 244 Å². The van der Waals surface area contributed by atoms with Crippen molar-refractivity contribution in [3.63, 3.8) is 0 Å². The van der Waals surface area contributed by atoms with Gasteiger partial charge in [-0.25, -0.2) is 4.79 Å². The van der Waals surface area contributed by atoms with Crippen molar-refractivity contribution in [1.82, 2.24) is 5.32 Å². The first kappa shape index (κ1) is 31.2. The van der Waals surface area contributed by atoms with E-state index in [4.69, 9.17) is 9.84 Å². The predicted octanol–water partition coefficient (Wildman–Crippen LogP) is 8.68. The monoisotopic (exact) mass is 551 g/mol. The first-order chi connectivity index (χ1) is 20.2. The van der Waals surface area contributed by atoms with Gasteiger partial charge in [0.15, 0.2) is 0 Å². The van der Waals surface area contributed by atoms with Gasteiger partial charge in [-0.2, -0.15) is 0 Å². The molecule has 2 N–H and O–H groups in total. The Balaban J connectivity index is 1.19. The fraction of sp³-hybridized carbons (Fsp3) is 0.278. The summed E-state index contributed by atoms with van der Waals surface area (Å²) in [6.07, 6.45) is 29.7. The molecule has 5 nitrogen and oxygen atoms in total. The zero-order valence-electron chi connectivity index (χ0n) is 23.7. The molecule has 41 heavy (non-hydrogen) atoms. The van der Waals surface area contributed by atoms with Crippen LogP contribution in [0.3, 0.4) is 0 Å². The molecule has 1 aliphatic carbocycles. The van der Waals surface area contributed by atoms with E-state index in [2.05, 4.69) is 78.2 Å². The standard InChI is InChI=1S/C36H41NO4/c38-35(39)27-17-15-13-11-9-7-5-3-1-2-4-6-8-10-12-14-16-22-28-37-36(40)41-29-34-32-25-20-18-23-30(32)31-24-19-21-26-33(31)34/h1,3-4,6-7,9-10,12-13,15-16,18-26,34H,2,5,8,11,14,17,27-29H2,(H,37,40)(H,38,39)/b3-1+,6-4+,9-7+,12-10+,15-13+,22-16+. The van der Waals surface area contributed by atoms with E-state index in [9.17, 15) is 9.59 Å². The van der Waals surface area contributed by atoms with Crippen molar-refractivity contribution in [3.05, 3.63) is 133 Å². The fourth-order valence-corrected chi connectivity index (χ4v) is 4.55. The highest BCUT2D eigenvalue weighted by atomic mass is 16.5. The zero-order chi connectivity index (χ0) is 29.0. The number of carboxylic acid groups (broad SMARTS) is 1. The lowest BCUT2D eigenvalue weighted by atomic mass is 9.98. The summed E-state index contributed by atoms with van der Waals surface area (Å²) in [6, 6.07) is 16.6. The lowest BCUT2D eigenvalue weighted by Crippen LogP contribution is -2.26. The van der Waals surface area contributed by atoms with Gasteiger partial charge in [0.25, 0.3) is 0 Å². The summed E-state index contributed by atoms with van der Waals surface area (Å²) in [5.41, 5.74) is 4.86. The number of carboxylic acids is 1. The van der Waals surface area contributed by atoms with Crippen molar-refractivity contribution < 1.29 is 19.4 Å². The number of aliphatic carboxylic acids is 1. The van der Waals surface area contributed by atoms with Crippen LogP contribution in [0.25, 0.3) is 11.1 Å². The highest BCUT2D eigenvalue weighted by Gasteiger charge is 2.28. The van der Waals surface area contributed by atoms with Crippen LogP contribution in [0, 0.1) is 0 Å². The van der Waals surface area contributed by atoms with Gasteiger partial charge in [0, 0.05) is 18.9 Å². The van der Waals surface area contributed by atoms with Crippen LogP contribution in [0.15, 0.2) is 121 Å². The largest absolute Gasteiger partial charge is 0.481 e. The summed E-state index contributed by atoms with van der Waals surface area (Å²) in [5.74, 6) is -0.689. The van der Waals surface area contributed by atoms with Crippen molar-refractivity contribution in [1.29, 1.82) is 0 Å². The van der Waals surface area contributed by atoms with Gasteiger partial charge < -0.3 is 15.2 Å². The Hall–Kier alpha value is -4.38. The van der Waals surface area contributed by atoms with Crippen LogP contribution in [-0.4, -0.2) is 30.3 Å². The minimum atomic E-state index is -0.757. The van der Waals surface area contributed by atoms with E-state index in [1.165, 1.54) is 22.3 Å². The van der Waals surface area contributed by atoms with Crippen molar-refractivity contribution in [2.75, 3.05) is 13.2 Å². The first-order valence-corrected chi connectivity index (χ1v) is 14.4. The Morgan fingerprint density at radius 1 is 0.659 bits per heavy atom. The maximum atomic E-state index is 12.2. The number of nitrogens with one attached hydrogen (secondary N) is 1. The minimum Gasteiger partial charge on any atom is -0.481 e. The Bertz CT molecular complexity index is 1240. The molecule has 0 aliphatic heterocycles. The molecule has 0 unspecified atom stereocenters. The molecule has 2 aromatic carbocycles. The highest BCUT2D eigenvalue weighted by Crippen LogP contribution is 2.44. The number of benzene rings is 2. The second kappa shape index (κ2) is 18.8. The fourth-order valence-electron chi connectivity index (χ4n) is 4.55. The molecule has 0 atom stereocenters. The molecule has 3 rings (SSSR count). The van der Waals surface area contributed by atoms with Gasteiger partial charge >= 0.3 is 12.1 Å². The molecule has 0 radical (unpaired) electrons. The number of hydrogen-bond donors (Lipinski definition) is 2. The van der Waals surface area contributed by atoms with Gasteiger partial charge in [0.05, 0.1) is 0 Å². The summed E-state index contributed by atoms with van der Waals surface area (Å²) in [5, 5.41) is 11.4. The van der Waals surface area contributed by atoms with E-state index in [1.807, 2.05) is 48.6 Å². The highest BCUT2D eigenvalue weighted by molar-refractivity contribution is 5.79. The summed E-state index contributed by atoms with van der Waals surface area (Å²) < 4.78 is 5.56. The molecule has 2 aromatic rings. The number of carbonyl (C=O) groups excluding carboxylic acids is 1. The Morgan fingerprint density at radius 3 is 1.59 bits per heavy atom. The maximum Gasteiger partial charge on any atom is 0.407 e. The van der Waals surface area contributed by atoms with Crippen LogP contribution < -0.4 is 5.32 Å². The second-order valence-corrected chi connectivity index (χ2v) is 9.65. The summed E-state index contributed by atoms with van der Waals surface area (Å²) >= 11 is 0. The summed E-state index contributed by atoms with van der Waals surface area (Å²) in [7, 11) is 0. The van der Waals surface area contributed by atoms with Crippen molar-refractivity contribution in [2.45, 2.75) is 50.9 Å². The van der Waals surface area contributed by atoms with Crippen LogP contribution in [0.5, 0.6) is 0 Å². The molecular weight excluding hydrogens is 510 g/mol. The van der Waals surface area contributed by atoms with Gasteiger partial charge in [0.2, 0.25) is 0 Å². The summed E-state index contributed by atoms with van der Waals surface area (Å²) in [4.78, 5) is 22.6. The van der Waals surface area contributed by atoms with E-state index in [0.29, 0.717) is 19.6 Å². The maximum absolute atomic E-state index is 12.2.